The van der Waals surface area contributed by atoms with Crippen molar-refractivity contribution in [1.82, 2.24) is 10.2 Å². The van der Waals surface area contributed by atoms with Gasteiger partial charge in [-0.1, -0.05) is 18.2 Å². The third-order valence-electron chi connectivity index (χ3n) is 5.11. The molecule has 27 heavy (non-hydrogen) atoms. The van der Waals surface area contributed by atoms with E-state index in [2.05, 4.69) is 10.6 Å². The van der Waals surface area contributed by atoms with Crippen LogP contribution in [0.2, 0.25) is 0 Å². The number of fused-ring (bicyclic) bond motifs is 1. The summed E-state index contributed by atoms with van der Waals surface area (Å²) in [6.45, 7) is 1.73. The number of halogens is 1. The maximum Gasteiger partial charge on any atom is 0.319 e. The number of para-hydroxylation sites is 1. The van der Waals surface area contributed by atoms with E-state index in [4.69, 9.17) is 0 Å². The Morgan fingerprint density at radius 3 is 2.81 bits per heavy atom. The Hall–Kier alpha value is -3.09. The van der Waals surface area contributed by atoms with Crippen LogP contribution in [0.5, 0.6) is 0 Å². The molecule has 2 aromatic carbocycles. The van der Waals surface area contributed by atoms with E-state index in [1.54, 1.807) is 48.3 Å². The largest absolute Gasteiger partial charge is 0.367 e. The molecule has 1 unspecified atom stereocenters. The average Bonchev–Trinajstić information content (AvgIpc) is 3.21. The van der Waals surface area contributed by atoms with E-state index in [0.717, 1.165) is 12.0 Å². The van der Waals surface area contributed by atoms with Gasteiger partial charge in [-0.3, -0.25) is 4.79 Å². The Labute approximate surface area is 157 Å². The first-order chi connectivity index (χ1) is 13.0. The summed E-state index contributed by atoms with van der Waals surface area (Å²) in [4.78, 5) is 28.1. The zero-order valence-electron chi connectivity index (χ0n) is 15.0. The molecule has 0 bridgehead atoms. The molecule has 2 aliphatic rings. The highest BCUT2D eigenvalue weighted by atomic mass is 19.1. The van der Waals surface area contributed by atoms with E-state index in [1.165, 1.54) is 6.07 Å². The van der Waals surface area contributed by atoms with Crippen LogP contribution in [0, 0.1) is 5.82 Å². The molecule has 0 aromatic heterocycles. The summed E-state index contributed by atoms with van der Waals surface area (Å²) in [5, 5.41) is 5.80. The number of urea groups is 1. The highest BCUT2D eigenvalue weighted by Crippen LogP contribution is 2.28. The number of anilines is 2. The minimum atomic E-state index is -0.314. The van der Waals surface area contributed by atoms with Gasteiger partial charge in [0.05, 0.1) is 5.69 Å². The fraction of sp³-hybridized carbons (Fsp3) is 0.300. The van der Waals surface area contributed by atoms with Gasteiger partial charge in [0.2, 0.25) is 0 Å². The SMILES string of the molecule is CN1Cc2c(NC(=O)NC3CCN(c4ccccc4F)C3)cccc2C1=O. The van der Waals surface area contributed by atoms with Crippen LogP contribution in [0.15, 0.2) is 42.5 Å². The number of nitrogens with zero attached hydrogens (tertiary/aromatic N) is 2. The normalized spacial score (nSPS) is 18.6. The fourth-order valence-electron chi connectivity index (χ4n) is 3.74. The first kappa shape index (κ1) is 17.3. The lowest BCUT2D eigenvalue weighted by molar-refractivity contribution is 0.0816. The van der Waals surface area contributed by atoms with Crippen LogP contribution in [0.1, 0.15) is 22.3 Å². The van der Waals surface area contributed by atoms with Crippen molar-refractivity contribution < 1.29 is 14.0 Å². The van der Waals surface area contributed by atoms with Crippen molar-refractivity contribution in [2.45, 2.75) is 19.0 Å². The second-order valence-corrected chi connectivity index (χ2v) is 6.97. The smallest absolute Gasteiger partial charge is 0.319 e. The summed E-state index contributed by atoms with van der Waals surface area (Å²) in [6, 6.07) is 11.6. The number of amides is 3. The Morgan fingerprint density at radius 2 is 2.00 bits per heavy atom. The Balaban J connectivity index is 1.39. The molecular weight excluding hydrogens is 347 g/mol. The summed E-state index contributed by atoms with van der Waals surface area (Å²) in [6.07, 6.45) is 0.746. The van der Waals surface area contributed by atoms with Gasteiger partial charge in [-0.15, -0.1) is 0 Å². The van der Waals surface area contributed by atoms with Crippen LogP contribution < -0.4 is 15.5 Å². The molecule has 2 aromatic rings. The summed E-state index contributed by atoms with van der Waals surface area (Å²) >= 11 is 0. The lowest BCUT2D eigenvalue weighted by Crippen LogP contribution is -2.40. The lowest BCUT2D eigenvalue weighted by atomic mass is 10.1. The van der Waals surface area contributed by atoms with Gasteiger partial charge in [-0.25, -0.2) is 9.18 Å². The van der Waals surface area contributed by atoms with Crippen molar-refractivity contribution in [3.63, 3.8) is 0 Å². The number of nitrogens with one attached hydrogen (secondary N) is 2. The first-order valence-electron chi connectivity index (χ1n) is 8.97. The zero-order chi connectivity index (χ0) is 19.0. The summed E-state index contributed by atoms with van der Waals surface area (Å²) in [5.74, 6) is -0.290. The third-order valence-corrected chi connectivity index (χ3v) is 5.11. The molecule has 2 aliphatic heterocycles. The van der Waals surface area contributed by atoms with E-state index < -0.39 is 0 Å². The molecule has 1 atom stereocenters. The Kier molecular flexibility index (Phi) is 4.43. The number of carbonyl (C=O) groups is 2. The quantitative estimate of drug-likeness (QED) is 0.876. The number of carbonyl (C=O) groups excluding carboxylic acids is 2. The lowest BCUT2D eigenvalue weighted by Gasteiger charge is -2.20. The van der Waals surface area contributed by atoms with Gasteiger partial charge in [0.15, 0.2) is 0 Å². The van der Waals surface area contributed by atoms with E-state index >= 15 is 0 Å². The predicted molar refractivity (Wildman–Crippen MR) is 101 cm³/mol. The maximum atomic E-state index is 13.9. The molecule has 0 radical (unpaired) electrons. The monoisotopic (exact) mass is 368 g/mol. The molecule has 140 valence electrons. The van der Waals surface area contributed by atoms with E-state index in [9.17, 15) is 14.0 Å². The first-order valence-corrected chi connectivity index (χ1v) is 8.97. The van der Waals surface area contributed by atoms with Crippen LogP contribution >= 0.6 is 0 Å². The highest BCUT2D eigenvalue weighted by molar-refractivity contribution is 6.01. The van der Waals surface area contributed by atoms with E-state index in [-0.39, 0.29) is 23.8 Å². The van der Waals surface area contributed by atoms with Crippen LogP contribution in [-0.4, -0.2) is 43.0 Å². The van der Waals surface area contributed by atoms with Gasteiger partial charge < -0.3 is 20.4 Å². The molecule has 2 N–H and O–H groups in total. The standard InChI is InChI=1S/C20H21FN4O2/c1-24-12-15-14(19(24)26)5-4-7-17(15)23-20(27)22-13-9-10-25(11-13)18-8-3-2-6-16(18)21/h2-8,13H,9-12H2,1H3,(H2,22,23,27). The molecule has 0 spiro atoms. The molecule has 0 saturated carbocycles. The molecular formula is C20H21FN4O2. The number of rotatable bonds is 3. The van der Waals surface area contributed by atoms with Crippen LogP contribution in [0.3, 0.4) is 0 Å². The highest BCUT2D eigenvalue weighted by Gasteiger charge is 2.28. The van der Waals surface area contributed by atoms with E-state index in [1.807, 2.05) is 4.90 Å². The molecule has 2 heterocycles. The maximum absolute atomic E-state index is 13.9. The predicted octanol–water partition coefficient (Wildman–Crippen LogP) is 2.81. The number of hydrogen-bond donors (Lipinski definition) is 2. The minimum absolute atomic E-state index is 0.0367. The second-order valence-electron chi connectivity index (χ2n) is 6.97. The van der Waals surface area contributed by atoms with Crippen molar-refractivity contribution in [2.24, 2.45) is 0 Å². The minimum Gasteiger partial charge on any atom is -0.367 e. The molecule has 3 amide bonds. The average molecular weight is 368 g/mol. The number of hydrogen-bond acceptors (Lipinski definition) is 3. The molecule has 0 aliphatic carbocycles. The third kappa shape index (κ3) is 3.32. The molecule has 4 rings (SSSR count). The summed E-state index contributed by atoms with van der Waals surface area (Å²) in [7, 11) is 1.74. The topological polar surface area (TPSA) is 64.7 Å². The van der Waals surface area contributed by atoms with Crippen molar-refractivity contribution in [3.8, 4) is 0 Å². The van der Waals surface area contributed by atoms with Crippen LogP contribution in [0.4, 0.5) is 20.6 Å². The van der Waals surface area contributed by atoms with Crippen LogP contribution in [0.25, 0.3) is 0 Å². The molecule has 1 saturated heterocycles. The van der Waals surface area contributed by atoms with Gasteiger partial charge in [0, 0.05) is 49.5 Å². The molecule has 1 fully saturated rings. The van der Waals surface area contributed by atoms with Crippen molar-refractivity contribution in [3.05, 3.63) is 59.4 Å². The zero-order valence-corrected chi connectivity index (χ0v) is 15.0. The van der Waals surface area contributed by atoms with Crippen molar-refractivity contribution in [1.29, 1.82) is 0 Å². The molecule has 7 heteroatoms. The second kappa shape index (κ2) is 6.90. The molecule has 6 nitrogen and oxygen atoms in total. The summed E-state index contributed by atoms with van der Waals surface area (Å²) in [5.41, 5.74) is 2.66. The van der Waals surface area contributed by atoms with Gasteiger partial charge in [0.25, 0.3) is 5.91 Å². The van der Waals surface area contributed by atoms with E-state index in [0.29, 0.717) is 36.6 Å². The van der Waals surface area contributed by atoms with Gasteiger partial charge in [0.1, 0.15) is 5.82 Å². The fourth-order valence-corrected chi connectivity index (χ4v) is 3.74. The van der Waals surface area contributed by atoms with Gasteiger partial charge in [-0.2, -0.15) is 0 Å². The van der Waals surface area contributed by atoms with Crippen LogP contribution in [-0.2, 0) is 6.54 Å². The summed E-state index contributed by atoms with van der Waals surface area (Å²) < 4.78 is 13.9. The van der Waals surface area contributed by atoms with Crippen molar-refractivity contribution in [2.75, 3.05) is 30.4 Å². The number of benzene rings is 2. The van der Waals surface area contributed by atoms with Gasteiger partial charge in [-0.05, 0) is 30.7 Å². The van der Waals surface area contributed by atoms with Crippen molar-refractivity contribution >= 4 is 23.3 Å². The van der Waals surface area contributed by atoms with Gasteiger partial charge >= 0.3 is 6.03 Å². The Bertz CT molecular complexity index is 901. The Morgan fingerprint density at radius 1 is 1.19 bits per heavy atom.